The number of carbonyl (C=O) groups is 3. The molecular weight excluding hydrogens is 458 g/mol. The first-order valence-electron chi connectivity index (χ1n) is 11.0. The molecule has 1 aromatic rings. The summed E-state index contributed by atoms with van der Waals surface area (Å²) < 4.78 is 0. The predicted molar refractivity (Wildman–Crippen MR) is 125 cm³/mol. The third kappa shape index (κ3) is 3.05. The van der Waals surface area contributed by atoms with E-state index >= 15 is 0 Å². The van der Waals surface area contributed by atoms with E-state index in [1.807, 2.05) is 0 Å². The van der Waals surface area contributed by atoms with Crippen LogP contribution in [-0.4, -0.2) is 94.3 Å². The molecule has 188 valence electrons. The lowest BCUT2D eigenvalue weighted by molar-refractivity contribution is -0.158. The van der Waals surface area contributed by atoms with E-state index in [0.717, 1.165) is 0 Å². The Labute approximate surface area is 201 Å². The quantitative estimate of drug-likeness (QED) is 0.299. The summed E-state index contributed by atoms with van der Waals surface area (Å²) in [7, 11) is 6.55. The molecule has 0 unspecified atom stereocenters. The van der Waals surface area contributed by atoms with E-state index in [9.17, 15) is 39.9 Å². The van der Waals surface area contributed by atoms with Crippen molar-refractivity contribution >= 4 is 28.9 Å². The van der Waals surface area contributed by atoms with Crippen LogP contribution in [-0.2, 0) is 20.8 Å². The zero-order valence-electron chi connectivity index (χ0n) is 19.9. The van der Waals surface area contributed by atoms with Gasteiger partial charge in [0.1, 0.15) is 22.8 Å². The number of hydrogen-bond donors (Lipinski definition) is 6. The topological polar surface area (TPSA) is 185 Å². The number of rotatable bonds is 4. The Hall–Kier alpha value is -3.41. The highest BCUT2D eigenvalue weighted by Crippen LogP contribution is 2.58. The van der Waals surface area contributed by atoms with Gasteiger partial charge in [0.05, 0.1) is 23.8 Å². The van der Waals surface area contributed by atoms with Gasteiger partial charge in [-0.2, -0.15) is 0 Å². The van der Waals surface area contributed by atoms with Crippen molar-refractivity contribution in [3.63, 3.8) is 0 Å². The number of aliphatic hydroxyl groups excluding tert-OH is 3. The van der Waals surface area contributed by atoms with Crippen LogP contribution >= 0.6 is 0 Å². The van der Waals surface area contributed by atoms with Crippen molar-refractivity contribution in [3.05, 3.63) is 40.2 Å². The summed E-state index contributed by atoms with van der Waals surface area (Å²) >= 11 is 0. The van der Waals surface area contributed by atoms with Crippen molar-refractivity contribution in [3.8, 4) is 5.75 Å². The molecule has 1 fully saturated rings. The van der Waals surface area contributed by atoms with Crippen LogP contribution in [0, 0.1) is 11.3 Å². The van der Waals surface area contributed by atoms with Gasteiger partial charge < -0.3 is 36.2 Å². The Balaban J connectivity index is 2.08. The highest BCUT2D eigenvalue weighted by molar-refractivity contribution is 6.24. The maximum Gasteiger partial charge on any atom is 0.255 e. The molecule has 0 aromatic heterocycles. The number of carbonyl (C=O) groups excluding carboxylic acids is 3. The van der Waals surface area contributed by atoms with E-state index in [2.05, 4.69) is 0 Å². The normalized spacial score (nSPS) is 30.3. The number of amides is 1. The molecule has 11 heteroatoms. The van der Waals surface area contributed by atoms with Gasteiger partial charge in [-0.15, -0.1) is 0 Å². The highest BCUT2D eigenvalue weighted by atomic mass is 16.3. The van der Waals surface area contributed by atoms with Crippen LogP contribution in [0.4, 0.5) is 5.69 Å². The third-order valence-electron chi connectivity index (χ3n) is 7.59. The Bertz CT molecular complexity index is 1230. The zero-order valence-corrected chi connectivity index (χ0v) is 19.9. The molecule has 0 aliphatic heterocycles. The summed E-state index contributed by atoms with van der Waals surface area (Å²) in [5.41, 5.74) is 0.918. The van der Waals surface area contributed by atoms with Gasteiger partial charge in [0, 0.05) is 31.1 Å². The van der Waals surface area contributed by atoms with Gasteiger partial charge in [-0.1, -0.05) is 0 Å². The molecule has 0 saturated heterocycles. The molecule has 35 heavy (non-hydrogen) atoms. The lowest BCUT2D eigenvalue weighted by atomic mass is 9.51. The van der Waals surface area contributed by atoms with Crippen molar-refractivity contribution in [2.45, 2.75) is 24.5 Å². The van der Waals surface area contributed by atoms with Gasteiger partial charge in [-0.25, -0.2) is 0 Å². The number of nitrogens with two attached hydrogens (primary N) is 1. The third-order valence-corrected chi connectivity index (χ3v) is 7.59. The average Bonchev–Trinajstić information content (AvgIpc) is 2.75. The van der Waals surface area contributed by atoms with Gasteiger partial charge in [0.15, 0.2) is 11.4 Å². The maximum atomic E-state index is 13.9. The van der Waals surface area contributed by atoms with Crippen molar-refractivity contribution in [1.29, 1.82) is 0 Å². The van der Waals surface area contributed by atoms with Crippen molar-refractivity contribution in [1.82, 2.24) is 4.90 Å². The number of nitrogens with zero attached hydrogens (tertiary/aromatic N) is 2. The van der Waals surface area contributed by atoms with Crippen LogP contribution in [0.3, 0.4) is 0 Å². The minimum absolute atomic E-state index is 0.0000478. The number of phenolic OH excluding ortho intramolecular Hbond substituents is 1. The maximum absolute atomic E-state index is 13.9. The second kappa shape index (κ2) is 7.80. The number of likely N-dealkylation sites (N-methyl/N-ethyl adjacent to an activating group) is 1. The number of phenols is 1. The lowest BCUT2D eigenvalue weighted by Crippen LogP contribution is -2.68. The SMILES string of the molecule is CN(C)c1ccc(O)c2c1C[C@@]1(CO)C[C@H]3[C@H](N(C)C)C(=O)C(C(N)=O)=C(O)[C@@]3(O)C(=O)C1=C2O. The summed E-state index contributed by atoms with van der Waals surface area (Å²) in [6.07, 6.45) is -0.197. The summed E-state index contributed by atoms with van der Waals surface area (Å²) in [5, 5.41) is 55.0. The van der Waals surface area contributed by atoms with E-state index in [-0.39, 0.29) is 29.7 Å². The number of anilines is 1. The molecule has 1 amide bonds. The number of ketones is 2. The summed E-state index contributed by atoms with van der Waals surface area (Å²) in [6.45, 7) is -0.631. The minimum atomic E-state index is -2.76. The van der Waals surface area contributed by atoms with Crippen LogP contribution < -0.4 is 10.6 Å². The van der Waals surface area contributed by atoms with Crippen molar-refractivity contribution in [2.75, 3.05) is 39.7 Å². The molecule has 11 nitrogen and oxygen atoms in total. The average molecular weight is 488 g/mol. The number of fused-ring (bicyclic) bond motifs is 3. The number of hydrogen-bond acceptors (Lipinski definition) is 10. The molecule has 3 aliphatic rings. The molecule has 0 radical (unpaired) electrons. The number of Topliss-reactive ketones (excluding diaryl/α,β-unsaturated/α-hetero) is 2. The molecule has 0 heterocycles. The van der Waals surface area contributed by atoms with E-state index in [4.69, 9.17) is 5.73 Å². The molecule has 1 aromatic carbocycles. The van der Waals surface area contributed by atoms with Crippen LogP contribution in [0.2, 0.25) is 0 Å². The molecule has 0 bridgehead atoms. The fourth-order valence-corrected chi connectivity index (χ4v) is 6.03. The number of primary amides is 1. The monoisotopic (exact) mass is 487 g/mol. The number of aliphatic hydroxyl groups is 4. The molecule has 0 spiro atoms. The number of benzene rings is 1. The van der Waals surface area contributed by atoms with E-state index in [0.29, 0.717) is 11.3 Å². The Morgan fingerprint density at radius 3 is 2.29 bits per heavy atom. The molecule has 4 atom stereocenters. The summed E-state index contributed by atoms with van der Waals surface area (Å²) in [5.74, 6) is -6.74. The highest BCUT2D eigenvalue weighted by Gasteiger charge is 2.67. The van der Waals surface area contributed by atoms with Crippen molar-refractivity contribution in [2.24, 2.45) is 17.1 Å². The van der Waals surface area contributed by atoms with Crippen LogP contribution in [0.25, 0.3) is 5.76 Å². The summed E-state index contributed by atoms with van der Waals surface area (Å²) in [4.78, 5) is 42.3. The van der Waals surface area contributed by atoms with E-state index in [1.54, 1.807) is 25.1 Å². The van der Waals surface area contributed by atoms with Gasteiger partial charge in [-0.05, 0) is 44.6 Å². The lowest BCUT2D eigenvalue weighted by Gasteiger charge is -2.54. The Morgan fingerprint density at radius 1 is 1.14 bits per heavy atom. The predicted octanol–water partition coefficient (Wildman–Crippen LogP) is -0.607. The van der Waals surface area contributed by atoms with E-state index in [1.165, 1.54) is 25.1 Å². The fourth-order valence-electron chi connectivity index (χ4n) is 6.03. The van der Waals surface area contributed by atoms with Gasteiger partial charge in [-0.3, -0.25) is 19.3 Å². The molecule has 1 saturated carbocycles. The zero-order chi connectivity index (χ0) is 26.2. The van der Waals surface area contributed by atoms with Gasteiger partial charge in [0.25, 0.3) is 5.91 Å². The van der Waals surface area contributed by atoms with Gasteiger partial charge >= 0.3 is 0 Å². The molecular formula is C24H29N3O8. The minimum Gasteiger partial charge on any atom is -0.508 e. The Morgan fingerprint density at radius 2 is 1.77 bits per heavy atom. The first-order valence-corrected chi connectivity index (χ1v) is 11.0. The van der Waals surface area contributed by atoms with Crippen LogP contribution in [0.1, 0.15) is 17.5 Å². The summed E-state index contributed by atoms with van der Waals surface area (Å²) in [6, 6.07) is 1.76. The largest absolute Gasteiger partial charge is 0.508 e. The Kier molecular flexibility index (Phi) is 5.51. The molecule has 4 rings (SSSR count). The molecule has 3 aliphatic carbocycles. The standard InChI is InChI=1S/C24H29N3O8/c1-26(2)12-5-6-13(29)14-10(12)7-23(9-28)8-11-17(27(3)4)19(31)15(22(25)34)20(32)24(11,35)21(33)16(23)18(14)30/h5-6,11,17,28-30,32,35H,7-9H2,1-4H3,(H2,25,34)/t11-,17-,23-,24+/m0/s1. The van der Waals surface area contributed by atoms with Crippen LogP contribution in [0.5, 0.6) is 5.75 Å². The second-order valence-corrected chi connectivity index (χ2v) is 9.96. The van der Waals surface area contributed by atoms with Crippen molar-refractivity contribution < 1.29 is 39.9 Å². The van der Waals surface area contributed by atoms with E-state index < -0.39 is 64.1 Å². The first kappa shape index (κ1) is 24.7. The first-order chi connectivity index (χ1) is 16.2. The smallest absolute Gasteiger partial charge is 0.255 e. The second-order valence-electron chi connectivity index (χ2n) is 9.96. The van der Waals surface area contributed by atoms with Crippen LogP contribution in [0.15, 0.2) is 29.0 Å². The van der Waals surface area contributed by atoms with Gasteiger partial charge in [0.2, 0.25) is 5.78 Å². The molecule has 7 N–H and O–H groups in total. The fraction of sp³-hybridized carbons (Fsp3) is 0.458. The number of aromatic hydroxyl groups is 1.